The van der Waals surface area contributed by atoms with Crippen molar-refractivity contribution in [3.8, 4) is 0 Å². The second kappa shape index (κ2) is 12.0. The van der Waals surface area contributed by atoms with E-state index in [-0.39, 0.29) is 24.0 Å². The molecule has 1 fully saturated rings. The lowest BCUT2D eigenvalue weighted by atomic mass is 10.1. The van der Waals surface area contributed by atoms with Gasteiger partial charge in [-0.15, -0.1) is 24.0 Å². The van der Waals surface area contributed by atoms with Crippen molar-refractivity contribution in [3.63, 3.8) is 0 Å². The molecule has 1 aliphatic heterocycles. The molecule has 1 heterocycles. The van der Waals surface area contributed by atoms with Gasteiger partial charge in [-0.2, -0.15) is 11.8 Å². The Morgan fingerprint density at radius 1 is 1.27 bits per heavy atom. The number of thioether (sulfide) groups is 1. The highest BCUT2D eigenvalue weighted by Gasteiger charge is 2.14. The van der Waals surface area contributed by atoms with Crippen molar-refractivity contribution in [1.29, 1.82) is 0 Å². The molecule has 0 saturated carbocycles. The summed E-state index contributed by atoms with van der Waals surface area (Å²) in [6, 6.07) is 10.8. The van der Waals surface area contributed by atoms with Gasteiger partial charge in [-0.1, -0.05) is 30.3 Å². The molecule has 1 aromatic carbocycles. The minimum absolute atomic E-state index is 0. The maximum atomic E-state index is 5.41. The number of ether oxygens (including phenoxy) is 1. The zero-order valence-corrected chi connectivity index (χ0v) is 16.2. The molecule has 2 N–H and O–H groups in total. The first-order valence-corrected chi connectivity index (χ1v) is 8.93. The summed E-state index contributed by atoms with van der Waals surface area (Å²) in [6.45, 7) is 3.33. The van der Waals surface area contributed by atoms with Crippen LogP contribution in [0.3, 0.4) is 0 Å². The molecular weight excluding hydrogens is 409 g/mol. The van der Waals surface area contributed by atoms with Gasteiger partial charge in [0, 0.05) is 31.6 Å². The predicted molar refractivity (Wildman–Crippen MR) is 106 cm³/mol. The van der Waals surface area contributed by atoms with Gasteiger partial charge in [0.2, 0.25) is 0 Å². The number of halogens is 1. The van der Waals surface area contributed by atoms with Gasteiger partial charge in [-0.05, 0) is 24.7 Å². The highest BCUT2D eigenvalue weighted by atomic mass is 127. The molecule has 1 aliphatic rings. The summed E-state index contributed by atoms with van der Waals surface area (Å²) in [7, 11) is 0. The highest BCUT2D eigenvalue weighted by Crippen LogP contribution is 2.06. The number of hydrogen-bond acceptors (Lipinski definition) is 3. The number of rotatable bonds is 6. The van der Waals surface area contributed by atoms with Crippen LogP contribution in [0.15, 0.2) is 35.3 Å². The third-order valence-corrected chi connectivity index (χ3v) is 4.04. The van der Waals surface area contributed by atoms with Crippen LogP contribution in [-0.2, 0) is 11.3 Å². The Bertz CT molecular complexity index is 425. The van der Waals surface area contributed by atoms with Gasteiger partial charge in [0.25, 0.3) is 0 Å². The predicted octanol–water partition coefficient (Wildman–Crippen LogP) is 2.88. The van der Waals surface area contributed by atoms with Crippen LogP contribution in [0.5, 0.6) is 0 Å². The Labute approximate surface area is 154 Å². The minimum atomic E-state index is 0. The van der Waals surface area contributed by atoms with E-state index in [1.165, 1.54) is 5.56 Å². The molecule has 0 atom stereocenters. The summed E-state index contributed by atoms with van der Waals surface area (Å²) in [5.74, 6) is 2.00. The SMILES string of the molecule is CSCCNC(=NCc1ccccc1)NC1CCOCC1.I. The number of benzene rings is 1. The average Bonchev–Trinajstić information content (AvgIpc) is 2.54. The fourth-order valence-electron chi connectivity index (χ4n) is 2.21. The molecule has 6 heteroatoms. The molecule has 0 amide bonds. The molecule has 1 saturated heterocycles. The molecule has 0 aromatic heterocycles. The third-order valence-electron chi connectivity index (χ3n) is 3.42. The summed E-state index contributed by atoms with van der Waals surface area (Å²) < 4.78 is 5.41. The van der Waals surface area contributed by atoms with E-state index in [0.29, 0.717) is 12.6 Å². The number of hydrogen-bond donors (Lipinski definition) is 2. The molecule has 2 rings (SSSR count). The zero-order valence-electron chi connectivity index (χ0n) is 13.1. The monoisotopic (exact) mass is 435 g/mol. The number of aliphatic imine (C=N–C) groups is 1. The normalized spacial score (nSPS) is 16.0. The Kier molecular flexibility index (Phi) is 10.7. The van der Waals surface area contributed by atoms with Crippen LogP contribution in [0.1, 0.15) is 18.4 Å². The van der Waals surface area contributed by atoms with E-state index in [1.807, 2.05) is 17.8 Å². The van der Waals surface area contributed by atoms with Crippen molar-refractivity contribution in [2.45, 2.75) is 25.4 Å². The van der Waals surface area contributed by atoms with Crippen LogP contribution in [0.4, 0.5) is 0 Å². The van der Waals surface area contributed by atoms with Gasteiger partial charge < -0.3 is 15.4 Å². The first kappa shape index (κ1) is 19.6. The Balaban J connectivity index is 0.00000242. The first-order chi connectivity index (χ1) is 10.4. The fourth-order valence-corrected chi connectivity index (χ4v) is 2.52. The maximum Gasteiger partial charge on any atom is 0.191 e. The lowest BCUT2D eigenvalue weighted by Crippen LogP contribution is -2.46. The van der Waals surface area contributed by atoms with Crippen molar-refractivity contribution in [3.05, 3.63) is 35.9 Å². The standard InChI is InChI=1S/C16H25N3OS.HI/c1-21-12-9-17-16(19-15-7-10-20-11-8-15)18-13-14-5-3-2-4-6-14;/h2-6,15H,7-13H2,1H3,(H2,17,18,19);1H. The van der Waals surface area contributed by atoms with Gasteiger partial charge in [-0.25, -0.2) is 4.99 Å². The second-order valence-electron chi connectivity index (χ2n) is 5.10. The van der Waals surface area contributed by atoms with E-state index >= 15 is 0 Å². The molecule has 4 nitrogen and oxygen atoms in total. The van der Waals surface area contributed by atoms with Crippen molar-refractivity contribution < 1.29 is 4.74 Å². The Morgan fingerprint density at radius 2 is 2.00 bits per heavy atom. The van der Waals surface area contributed by atoms with E-state index < -0.39 is 0 Å². The summed E-state index contributed by atoms with van der Waals surface area (Å²) in [5, 5.41) is 6.95. The van der Waals surface area contributed by atoms with Crippen LogP contribution in [-0.4, -0.2) is 43.8 Å². The van der Waals surface area contributed by atoms with Gasteiger partial charge in [0.05, 0.1) is 6.54 Å². The molecule has 0 radical (unpaired) electrons. The fraction of sp³-hybridized carbons (Fsp3) is 0.562. The van der Waals surface area contributed by atoms with Gasteiger partial charge in [0.1, 0.15) is 0 Å². The van der Waals surface area contributed by atoms with Crippen molar-refractivity contribution in [2.75, 3.05) is 31.8 Å². The van der Waals surface area contributed by atoms with Crippen molar-refractivity contribution in [2.24, 2.45) is 4.99 Å². The number of nitrogens with one attached hydrogen (secondary N) is 2. The molecule has 0 aliphatic carbocycles. The van der Waals surface area contributed by atoms with Crippen molar-refractivity contribution >= 4 is 41.7 Å². The second-order valence-corrected chi connectivity index (χ2v) is 6.09. The maximum absolute atomic E-state index is 5.41. The summed E-state index contributed by atoms with van der Waals surface area (Å²) >= 11 is 1.84. The highest BCUT2D eigenvalue weighted by molar-refractivity contribution is 14.0. The minimum Gasteiger partial charge on any atom is -0.381 e. The van der Waals surface area contributed by atoms with E-state index in [1.54, 1.807) is 0 Å². The summed E-state index contributed by atoms with van der Waals surface area (Å²) in [6.07, 6.45) is 4.22. The van der Waals surface area contributed by atoms with Crippen LogP contribution >= 0.6 is 35.7 Å². The Morgan fingerprint density at radius 3 is 2.68 bits per heavy atom. The molecule has 1 aromatic rings. The average molecular weight is 435 g/mol. The molecule has 22 heavy (non-hydrogen) atoms. The van der Waals surface area contributed by atoms with Crippen LogP contribution in [0.2, 0.25) is 0 Å². The van der Waals surface area contributed by atoms with Crippen LogP contribution in [0.25, 0.3) is 0 Å². The third kappa shape index (κ3) is 7.69. The molecule has 0 unspecified atom stereocenters. The zero-order chi connectivity index (χ0) is 14.8. The van der Waals surface area contributed by atoms with E-state index in [0.717, 1.165) is 44.3 Å². The molecule has 124 valence electrons. The summed E-state index contributed by atoms with van der Waals surface area (Å²) in [5.41, 5.74) is 1.23. The summed E-state index contributed by atoms with van der Waals surface area (Å²) in [4.78, 5) is 4.70. The lowest BCUT2D eigenvalue weighted by molar-refractivity contribution is 0.0822. The molecule has 0 spiro atoms. The number of nitrogens with zero attached hydrogens (tertiary/aromatic N) is 1. The quantitative estimate of drug-likeness (QED) is 0.312. The van der Waals surface area contributed by atoms with Crippen LogP contribution in [0, 0.1) is 0 Å². The first-order valence-electron chi connectivity index (χ1n) is 7.54. The lowest BCUT2D eigenvalue weighted by Gasteiger charge is -2.25. The molecular formula is C16H26IN3OS. The van der Waals surface area contributed by atoms with Gasteiger partial charge in [-0.3, -0.25) is 0 Å². The van der Waals surface area contributed by atoms with E-state index in [9.17, 15) is 0 Å². The van der Waals surface area contributed by atoms with Crippen LogP contribution < -0.4 is 10.6 Å². The van der Waals surface area contributed by atoms with Gasteiger partial charge >= 0.3 is 0 Å². The van der Waals surface area contributed by atoms with E-state index in [4.69, 9.17) is 9.73 Å². The van der Waals surface area contributed by atoms with Gasteiger partial charge in [0.15, 0.2) is 5.96 Å². The largest absolute Gasteiger partial charge is 0.381 e. The smallest absolute Gasteiger partial charge is 0.191 e. The van der Waals surface area contributed by atoms with Crippen molar-refractivity contribution in [1.82, 2.24) is 10.6 Å². The Hall–Kier alpha value is -0.470. The topological polar surface area (TPSA) is 45.7 Å². The van der Waals surface area contributed by atoms with E-state index in [2.05, 4.69) is 41.2 Å². The number of guanidine groups is 1. The molecule has 0 bridgehead atoms.